The molecule has 1 aliphatic rings. The number of hydrogen-bond acceptors (Lipinski definition) is 3. The van der Waals surface area contributed by atoms with E-state index in [0.717, 1.165) is 31.2 Å². The zero-order chi connectivity index (χ0) is 18.7. The number of carbonyl (C=O) groups is 1. The molecule has 0 spiro atoms. The van der Waals surface area contributed by atoms with Gasteiger partial charge in [-0.3, -0.25) is 9.52 Å². The van der Waals surface area contributed by atoms with E-state index in [-0.39, 0.29) is 21.9 Å². The van der Waals surface area contributed by atoms with Crippen LogP contribution in [0, 0.1) is 6.92 Å². The molecule has 0 aromatic heterocycles. The van der Waals surface area contributed by atoms with E-state index in [2.05, 4.69) is 10.0 Å². The minimum absolute atomic E-state index is 0.169. The third-order valence-electron chi connectivity index (χ3n) is 4.49. The van der Waals surface area contributed by atoms with Crippen molar-refractivity contribution in [2.45, 2.75) is 43.5 Å². The number of halogens is 1. The molecule has 0 unspecified atom stereocenters. The van der Waals surface area contributed by atoms with Crippen molar-refractivity contribution in [3.05, 3.63) is 58.6 Å². The number of anilines is 1. The molecule has 0 radical (unpaired) electrons. The first-order chi connectivity index (χ1) is 12.3. The lowest BCUT2D eigenvalue weighted by molar-refractivity contribution is 0.0938. The summed E-state index contributed by atoms with van der Waals surface area (Å²) in [7, 11) is -3.71. The molecule has 7 heteroatoms. The van der Waals surface area contributed by atoms with Crippen molar-refractivity contribution in [2.24, 2.45) is 0 Å². The van der Waals surface area contributed by atoms with Crippen LogP contribution in [0.25, 0.3) is 0 Å². The van der Waals surface area contributed by atoms with Crippen LogP contribution in [0.2, 0.25) is 5.02 Å². The maximum absolute atomic E-state index is 12.4. The molecule has 1 saturated carbocycles. The molecule has 2 aromatic rings. The number of rotatable bonds is 5. The van der Waals surface area contributed by atoms with Gasteiger partial charge >= 0.3 is 0 Å². The first kappa shape index (κ1) is 18.7. The molecule has 1 amide bonds. The summed E-state index contributed by atoms with van der Waals surface area (Å²) in [6.07, 6.45) is 4.21. The summed E-state index contributed by atoms with van der Waals surface area (Å²) in [5, 5.41) is 3.19. The predicted octanol–water partition coefficient (Wildman–Crippen LogP) is 4.12. The van der Waals surface area contributed by atoms with Crippen molar-refractivity contribution < 1.29 is 13.2 Å². The van der Waals surface area contributed by atoms with Gasteiger partial charge in [-0.1, -0.05) is 42.1 Å². The topological polar surface area (TPSA) is 75.3 Å². The van der Waals surface area contributed by atoms with Crippen molar-refractivity contribution in [1.82, 2.24) is 5.32 Å². The summed E-state index contributed by atoms with van der Waals surface area (Å²) in [5.41, 5.74) is 1.63. The SMILES string of the molecule is Cc1ccc(S(=O)(=O)Nc2ccc(C(=O)NC3CCCC3)c(Cl)c2)cc1. The van der Waals surface area contributed by atoms with Gasteiger partial charge in [0.2, 0.25) is 0 Å². The lowest BCUT2D eigenvalue weighted by atomic mass is 10.1. The van der Waals surface area contributed by atoms with Crippen molar-refractivity contribution >= 4 is 33.2 Å². The highest BCUT2D eigenvalue weighted by Crippen LogP contribution is 2.25. The largest absolute Gasteiger partial charge is 0.349 e. The summed E-state index contributed by atoms with van der Waals surface area (Å²) in [4.78, 5) is 12.5. The lowest BCUT2D eigenvalue weighted by Gasteiger charge is -2.14. The average molecular weight is 393 g/mol. The van der Waals surface area contributed by atoms with Crippen LogP contribution in [0.4, 0.5) is 5.69 Å². The molecular weight excluding hydrogens is 372 g/mol. The molecule has 0 atom stereocenters. The quantitative estimate of drug-likeness (QED) is 0.803. The smallest absolute Gasteiger partial charge is 0.261 e. The predicted molar refractivity (Wildman–Crippen MR) is 103 cm³/mol. The van der Waals surface area contributed by atoms with Crippen molar-refractivity contribution in [3.8, 4) is 0 Å². The van der Waals surface area contributed by atoms with Crippen molar-refractivity contribution in [2.75, 3.05) is 4.72 Å². The highest BCUT2D eigenvalue weighted by molar-refractivity contribution is 7.92. The fourth-order valence-electron chi connectivity index (χ4n) is 3.03. The van der Waals surface area contributed by atoms with Gasteiger partial charge in [-0.2, -0.15) is 0 Å². The Morgan fingerprint density at radius 1 is 1.08 bits per heavy atom. The van der Waals surface area contributed by atoms with E-state index in [0.29, 0.717) is 11.3 Å². The second-order valence-corrected chi connectivity index (χ2v) is 8.66. The zero-order valence-electron chi connectivity index (χ0n) is 14.5. The number of amides is 1. The highest BCUT2D eigenvalue weighted by atomic mass is 35.5. The van der Waals surface area contributed by atoms with Gasteiger partial charge in [-0.15, -0.1) is 0 Å². The van der Waals surface area contributed by atoms with E-state index in [4.69, 9.17) is 11.6 Å². The molecule has 0 heterocycles. The maximum Gasteiger partial charge on any atom is 0.261 e. The van der Waals surface area contributed by atoms with Crippen LogP contribution >= 0.6 is 11.6 Å². The first-order valence-corrected chi connectivity index (χ1v) is 10.4. The van der Waals surface area contributed by atoms with Gasteiger partial charge in [0.1, 0.15) is 0 Å². The number of carbonyl (C=O) groups excluding carboxylic acids is 1. The van der Waals surface area contributed by atoms with Crippen molar-refractivity contribution in [3.63, 3.8) is 0 Å². The number of nitrogens with one attached hydrogen (secondary N) is 2. The number of benzene rings is 2. The Labute approximate surface area is 158 Å². The second-order valence-electron chi connectivity index (χ2n) is 6.57. The molecule has 5 nitrogen and oxygen atoms in total. The van der Waals surface area contributed by atoms with E-state index in [1.165, 1.54) is 6.07 Å². The Hall–Kier alpha value is -2.05. The Morgan fingerprint density at radius 2 is 1.73 bits per heavy atom. The van der Waals surface area contributed by atoms with E-state index in [1.54, 1.807) is 36.4 Å². The Balaban J connectivity index is 1.74. The molecule has 1 fully saturated rings. The van der Waals surface area contributed by atoms with Crippen LogP contribution < -0.4 is 10.0 Å². The van der Waals surface area contributed by atoms with Gasteiger partial charge in [-0.25, -0.2) is 8.42 Å². The fraction of sp³-hybridized carbons (Fsp3) is 0.316. The minimum Gasteiger partial charge on any atom is -0.349 e. The molecule has 3 rings (SSSR count). The molecule has 26 heavy (non-hydrogen) atoms. The van der Waals surface area contributed by atoms with Gasteiger partial charge < -0.3 is 5.32 Å². The van der Waals surface area contributed by atoms with Crippen LogP contribution in [-0.2, 0) is 10.0 Å². The fourth-order valence-corrected chi connectivity index (χ4v) is 4.34. The summed E-state index contributed by atoms with van der Waals surface area (Å²) < 4.78 is 27.4. The van der Waals surface area contributed by atoms with E-state index in [9.17, 15) is 13.2 Å². The number of sulfonamides is 1. The van der Waals surface area contributed by atoms with Crippen LogP contribution in [-0.4, -0.2) is 20.4 Å². The van der Waals surface area contributed by atoms with Gasteiger partial charge in [0.25, 0.3) is 15.9 Å². The van der Waals surface area contributed by atoms with E-state index < -0.39 is 10.0 Å². The average Bonchev–Trinajstić information content (AvgIpc) is 3.07. The second kappa shape index (κ2) is 7.68. The molecule has 2 N–H and O–H groups in total. The highest BCUT2D eigenvalue weighted by Gasteiger charge is 2.20. The molecule has 0 saturated heterocycles. The van der Waals surface area contributed by atoms with Gasteiger partial charge in [-0.05, 0) is 50.1 Å². The van der Waals surface area contributed by atoms with Crippen LogP contribution in [0.3, 0.4) is 0 Å². The standard InChI is InChI=1S/C19H21ClN2O3S/c1-13-6-9-16(10-7-13)26(24,25)22-15-8-11-17(18(20)12-15)19(23)21-14-4-2-3-5-14/h6-12,14,22H,2-5H2,1H3,(H,21,23). The summed E-state index contributed by atoms with van der Waals surface area (Å²) in [6, 6.07) is 11.3. The van der Waals surface area contributed by atoms with Crippen molar-refractivity contribution in [1.29, 1.82) is 0 Å². The Kier molecular flexibility index (Phi) is 5.53. The summed E-state index contributed by atoms with van der Waals surface area (Å²) >= 11 is 6.21. The molecule has 1 aliphatic carbocycles. The van der Waals surface area contributed by atoms with Crippen LogP contribution in [0.1, 0.15) is 41.6 Å². The summed E-state index contributed by atoms with van der Waals surface area (Å²) in [6.45, 7) is 1.89. The third-order valence-corrected chi connectivity index (χ3v) is 6.20. The molecular formula is C19H21ClN2O3S. The van der Waals surface area contributed by atoms with Crippen LogP contribution in [0.15, 0.2) is 47.4 Å². The Morgan fingerprint density at radius 3 is 2.35 bits per heavy atom. The third kappa shape index (κ3) is 4.37. The van der Waals surface area contributed by atoms with Gasteiger partial charge in [0, 0.05) is 6.04 Å². The maximum atomic E-state index is 12.4. The van der Waals surface area contributed by atoms with E-state index >= 15 is 0 Å². The van der Waals surface area contributed by atoms with Gasteiger partial charge in [0.15, 0.2) is 0 Å². The molecule has 138 valence electrons. The molecule has 0 bridgehead atoms. The minimum atomic E-state index is -3.71. The van der Waals surface area contributed by atoms with E-state index in [1.807, 2.05) is 6.92 Å². The lowest BCUT2D eigenvalue weighted by Crippen LogP contribution is -2.32. The molecule has 2 aromatic carbocycles. The normalized spacial score (nSPS) is 15.0. The first-order valence-electron chi connectivity index (χ1n) is 8.55. The van der Waals surface area contributed by atoms with Gasteiger partial charge in [0.05, 0.1) is 21.2 Å². The monoisotopic (exact) mass is 392 g/mol. The van der Waals surface area contributed by atoms with Crippen LogP contribution in [0.5, 0.6) is 0 Å². The zero-order valence-corrected chi connectivity index (χ0v) is 16.0. The number of hydrogen-bond donors (Lipinski definition) is 2. The molecule has 0 aliphatic heterocycles. The number of aryl methyl sites for hydroxylation is 1. The Bertz CT molecular complexity index is 905. The summed E-state index contributed by atoms with van der Waals surface area (Å²) in [5.74, 6) is -0.227.